The number of aromatic nitrogens is 2. The van der Waals surface area contributed by atoms with Crippen molar-refractivity contribution >= 4 is 17.3 Å². The molecular formula is C13H14N2O2S. The molecule has 0 amide bonds. The summed E-state index contributed by atoms with van der Waals surface area (Å²) in [5, 5.41) is 2.67. The summed E-state index contributed by atoms with van der Waals surface area (Å²) in [6, 6.07) is 3.80. The maximum Gasteiger partial charge on any atom is 0.318 e. The van der Waals surface area contributed by atoms with Gasteiger partial charge < -0.3 is 4.74 Å². The largest absolute Gasteiger partial charge is 0.468 e. The molecule has 5 heteroatoms. The zero-order valence-corrected chi connectivity index (χ0v) is 11.3. The van der Waals surface area contributed by atoms with Gasteiger partial charge in [-0.15, -0.1) is 11.3 Å². The molecule has 0 spiro atoms. The standard InChI is InChI=1S/C13H14N2O2S/c1-13(2,12(16)17-3)11-15-10(8-18-11)9-5-4-6-14-7-9/h4-8H,1-3H3. The van der Waals surface area contributed by atoms with E-state index in [1.807, 2.05) is 31.4 Å². The first-order valence-corrected chi connectivity index (χ1v) is 6.38. The lowest BCUT2D eigenvalue weighted by Gasteiger charge is -2.18. The van der Waals surface area contributed by atoms with Gasteiger partial charge in [0.15, 0.2) is 0 Å². The zero-order valence-electron chi connectivity index (χ0n) is 10.5. The first-order valence-electron chi connectivity index (χ1n) is 5.50. The monoisotopic (exact) mass is 262 g/mol. The maximum atomic E-state index is 11.7. The Hall–Kier alpha value is -1.75. The summed E-state index contributed by atoms with van der Waals surface area (Å²) >= 11 is 1.46. The van der Waals surface area contributed by atoms with Crippen LogP contribution in [0, 0.1) is 0 Å². The highest BCUT2D eigenvalue weighted by molar-refractivity contribution is 7.10. The van der Waals surface area contributed by atoms with E-state index in [1.54, 1.807) is 12.4 Å². The van der Waals surface area contributed by atoms with Crippen LogP contribution in [-0.4, -0.2) is 23.0 Å². The van der Waals surface area contributed by atoms with Crippen molar-refractivity contribution in [3.63, 3.8) is 0 Å². The molecular weight excluding hydrogens is 248 g/mol. The molecule has 4 nitrogen and oxygen atoms in total. The molecule has 2 heterocycles. The fourth-order valence-corrected chi connectivity index (χ4v) is 2.49. The fraction of sp³-hybridized carbons (Fsp3) is 0.308. The van der Waals surface area contributed by atoms with E-state index < -0.39 is 5.41 Å². The van der Waals surface area contributed by atoms with Crippen molar-refractivity contribution in [3.8, 4) is 11.3 Å². The molecule has 18 heavy (non-hydrogen) atoms. The Morgan fingerprint density at radius 2 is 2.22 bits per heavy atom. The summed E-state index contributed by atoms with van der Waals surface area (Å²) < 4.78 is 4.80. The molecule has 0 aromatic carbocycles. The van der Waals surface area contributed by atoms with Crippen molar-refractivity contribution in [1.82, 2.24) is 9.97 Å². The lowest BCUT2D eigenvalue weighted by atomic mass is 9.95. The minimum Gasteiger partial charge on any atom is -0.468 e. The molecule has 0 aliphatic heterocycles. The van der Waals surface area contributed by atoms with Gasteiger partial charge >= 0.3 is 5.97 Å². The molecule has 0 N–H and O–H groups in total. The van der Waals surface area contributed by atoms with E-state index in [-0.39, 0.29) is 5.97 Å². The molecule has 0 radical (unpaired) electrons. The Labute approximate surface area is 110 Å². The van der Waals surface area contributed by atoms with Crippen molar-refractivity contribution in [2.24, 2.45) is 0 Å². The van der Waals surface area contributed by atoms with Gasteiger partial charge in [-0.1, -0.05) is 0 Å². The molecule has 94 valence electrons. The molecule has 0 saturated heterocycles. The van der Waals surface area contributed by atoms with E-state index in [4.69, 9.17) is 4.74 Å². The second kappa shape index (κ2) is 4.86. The fourth-order valence-electron chi connectivity index (χ4n) is 1.55. The molecule has 0 bridgehead atoms. The third kappa shape index (κ3) is 2.26. The Balaban J connectivity index is 2.34. The van der Waals surface area contributed by atoms with E-state index in [0.717, 1.165) is 16.3 Å². The number of carbonyl (C=O) groups is 1. The Bertz CT molecular complexity index is 549. The van der Waals surface area contributed by atoms with Gasteiger partial charge in [-0.3, -0.25) is 9.78 Å². The summed E-state index contributed by atoms with van der Waals surface area (Å²) in [5.74, 6) is -0.283. The normalized spacial score (nSPS) is 11.3. The van der Waals surface area contributed by atoms with Gasteiger partial charge in [0, 0.05) is 23.3 Å². The molecule has 0 saturated carbocycles. The first kappa shape index (κ1) is 12.7. The summed E-state index contributed by atoms with van der Waals surface area (Å²) in [5.41, 5.74) is 1.06. The highest BCUT2D eigenvalue weighted by Gasteiger charge is 2.34. The number of esters is 1. The van der Waals surface area contributed by atoms with Crippen LogP contribution < -0.4 is 0 Å². The molecule has 2 rings (SSSR count). The highest BCUT2D eigenvalue weighted by atomic mass is 32.1. The zero-order chi connectivity index (χ0) is 13.2. The summed E-state index contributed by atoms with van der Waals surface area (Å²) in [4.78, 5) is 20.3. The van der Waals surface area contributed by atoms with Crippen LogP contribution in [-0.2, 0) is 14.9 Å². The van der Waals surface area contributed by atoms with E-state index in [9.17, 15) is 4.79 Å². The minimum atomic E-state index is -0.722. The van der Waals surface area contributed by atoms with E-state index in [2.05, 4.69) is 9.97 Å². The predicted octanol–water partition coefficient (Wildman–Crippen LogP) is 2.66. The number of rotatable bonds is 3. The van der Waals surface area contributed by atoms with Gasteiger partial charge in [0.2, 0.25) is 0 Å². The van der Waals surface area contributed by atoms with E-state index in [0.29, 0.717) is 0 Å². The number of carbonyl (C=O) groups excluding carboxylic acids is 1. The van der Waals surface area contributed by atoms with Crippen LogP contribution in [0.3, 0.4) is 0 Å². The number of hydrogen-bond acceptors (Lipinski definition) is 5. The molecule has 0 unspecified atom stereocenters. The van der Waals surface area contributed by atoms with Crippen LogP contribution in [0.25, 0.3) is 11.3 Å². The predicted molar refractivity (Wildman–Crippen MR) is 70.4 cm³/mol. The van der Waals surface area contributed by atoms with Crippen LogP contribution in [0.2, 0.25) is 0 Å². The Morgan fingerprint density at radius 1 is 1.44 bits per heavy atom. The average Bonchev–Trinajstić information content (AvgIpc) is 2.89. The third-order valence-electron chi connectivity index (χ3n) is 2.69. The second-order valence-electron chi connectivity index (χ2n) is 4.40. The Kier molecular flexibility index (Phi) is 3.43. The van der Waals surface area contributed by atoms with Gasteiger partial charge in [0.25, 0.3) is 0 Å². The highest BCUT2D eigenvalue weighted by Crippen LogP contribution is 2.30. The van der Waals surface area contributed by atoms with Crippen molar-refractivity contribution < 1.29 is 9.53 Å². The van der Waals surface area contributed by atoms with Crippen molar-refractivity contribution in [2.45, 2.75) is 19.3 Å². The lowest BCUT2D eigenvalue weighted by Crippen LogP contribution is -2.30. The number of nitrogens with zero attached hydrogens (tertiary/aromatic N) is 2. The van der Waals surface area contributed by atoms with Gasteiger partial charge in [-0.25, -0.2) is 4.98 Å². The van der Waals surface area contributed by atoms with Gasteiger partial charge in [0.1, 0.15) is 10.4 Å². The number of hydrogen-bond donors (Lipinski definition) is 0. The maximum absolute atomic E-state index is 11.7. The van der Waals surface area contributed by atoms with Gasteiger partial charge in [-0.05, 0) is 26.0 Å². The summed E-state index contributed by atoms with van der Waals surface area (Å²) in [7, 11) is 1.39. The molecule has 0 fully saturated rings. The van der Waals surface area contributed by atoms with Crippen LogP contribution in [0.15, 0.2) is 29.9 Å². The number of thiazole rings is 1. The van der Waals surface area contributed by atoms with Gasteiger partial charge in [0.05, 0.1) is 12.8 Å². The SMILES string of the molecule is COC(=O)C(C)(C)c1nc(-c2cccnc2)cs1. The molecule has 2 aromatic heterocycles. The third-order valence-corrected chi connectivity index (χ3v) is 3.86. The van der Waals surface area contributed by atoms with Crippen molar-refractivity contribution in [1.29, 1.82) is 0 Å². The van der Waals surface area contributed by atoms with Crippen LogP contribution >= 0.6 is 11.3 Å². The van der Waals surface area contributed by atoms with Gasteiger partial charge in [-0.2, -0.15) is 0 Å². The summed E-state index contributed by atoms with van der Waals surface area (Å²) in [6.45, 7) is 3.62. The molecule has 0 aliphatic carbocycles. The average molecular weight is 262 g/mol. The topological polar surface area (TPSA) is 52.1 Å². The number of pyridine rings is 1. The van der Waals surface area contributed by atoms with E-state index >= 15 is 0 Å². The van der Waals surface area contributed by atoms with Crippen LogP contribution in [0.5, 0.6) is 0 Å². The van der Waals surface area contributed by atoms with Crippen LogP contribution in [0.4, 0.5) is 0 Å². The van der Waals surface area contributed by atoms with Crippen molar-refractivity contribution in [3.05, 3.63) is 34.9 Å². The van der Waals surface area contributed by atoms with Crippen LogP contribution in [0.1, 0.15) is 18.9 Å². The Morgan fingerprint density at radius 3 is 2.83 bits per heavy atom. The molecule has 0 aliphatic rings. The lowest BCUT2D eigenvalue weighted by molar-refractivity contribution is -0.146. The smallest absolute Gasteiger partial charge is 0.318 e. The second-order valence-corrected chi connectivity index (χ2v) is 5.25. The first-order chi connectivity index (χ1) is 8.55. The quantitative estimate of drug-likeness (QED) is 0.798. The number of ether oxygens (including phenoxy) is 1. The van der Waals surface area contributed by atoms with Crippen molar-refractivity contribution in [2.75, 3.05) is 7.11 Å². The minimum absolute atomic E-state index is 0.283. The molecule has 0 atom stereocenters. The summed E-state index contributed by atoms with van der Waals surface area (Å²) in [6.07, 6.45) is 3.47. The number of methoxy groups -OCH3 is 1. The van der Waals surface area contributed by atoms with E-state index in [1.165, 1.54) is 18.4 Å². The molecule has 2 aromatic rings.